The van der Waals surface area contributed by atoms with E-state index in [4.69, 9.17) is 0 Å². The van der Waals surface area contributed by atoms with Gasteiger partial charge in [0.15, 0.2) is 0 Å². The molecule has 1 saturated heterocycles. The van der Waals surface area contributed by atoms with Crippen LogP contribution in [0.25, 0.3) is 0 Å². The van der Waals surface area contributed by atoms with Gasteiger partial charge in [-0.2, -0.15) is 11.8 Å². The molecule has 0 bridgehead atoms. The highest BCUT2D eigenvalue weighted by Gasteiger charge is 2.63. The van der Waals surface area contributed by atoms with Crippen LogP contribution in [0.4, 0.5) is 0 Å². The van der Waals surface area contributed by atoms with Gasteiger partial charge < -0.3 is 5.32 Å². The van der Waals surface area contributed by atoms with Gasteiger partial charge in [0, 0.05) is 11.3 Å². The first-order chi connectivity index (χ1) is 7.37. The number of hydrogen-bond acceptors (Lipinski definition) is 2. The third-order valence-corrected chi connectivity index (χ3v) is 6.89. The van der Waals surface area contributed by atoms with Crippen LogP contribution >= 0.6 is 11.8 Å². The Balaban J connectivity index is 1.80. The Morgan fingerprint density at radius 3 is 2.31 bits per heavy atom. The molecule has 0 aromatic heterocycles. The molecular weight excluding hydrogens is 214 g/mol. The highest BCUT2D eigenvalue weighted by molar-refractivity contribution is 7.99. The number of thioether (sulfide) groups is 1. The fraction of sp³-hybridized carbons (Fsp3) is 1.00. The van der Waals surface area contributed by atoms with Gasteiger partial charge in [0.05, 0.1) is 0 Å². The first kappa shape index (κ1) is 12.8. The third-order valence-electron chi connectivity index (χ3n) is 5.51. The molecule has 1 saturated carbocycles. The second-order valence-corrected chi connectivity index (χ2v) is 8.21. The van der Waals surface area contributed by atoms with E-state index in [1.54, 1.807) is 0 Å². The monoisotopic (exact) mass is 241 g/mol. The summed E-state index contributed by atoms with van der Waals surface area (Å²) in [5, 5.41) is 4.63. The molecular formula is C14H27NS. The van der Waals surface area contributed by atoms with Crippen molar-refractivity contribution in [3.8, 4) is 0 Å². The molecule has 1 N–H and O–H groups in total. The molecule has 1 aliphatic carbocycles. The van der Waals surface area contributed by atoms with Crippen molar-refractivity contribution >= 4 is 11.8 Å². The largest absolute Gasteiger partial charge is 0.313 e. The lowest BCUT2D eigenvalue weighted by molar-refractivity contribution is 0.427. The van der Waals surface area contributed by atoms with E-state index in [0.717, 1.165) is 17.2 Å². The van der Waals surface area contributed by atoms with Crippen LogP contribution in [0.3, 0.4) is 0 Å². The summed E-state index contributed by atoms with van der Waals surface area (Å²) in [7, 11) is 0. The highest BCUT2D eigenvalue weighted by atomic mass is 32.2. The minimum absolute atomic E-state index is 0.533. The zero-order valence-corrected chi connectivity index (χ0v) is 12.3. The Morgan fingerprint density at radius 1 is 1.19 bits per heavy atom. The van der Waals surface area contributed by atoms with Gasteiger partial charge in [-0.25, -0.2) is 0 Å². The summed E-state index contributed by atoms with van der Waals surface area (Å²) in [6.45, 7) is 13.3. The van der Waals surface area contributed by atoms with Gasteiger partial charge >= 0.3 is 0 Å². The lowest BCUT2D eigenvalue weighted by Gasteiger charge is -2.29. The molecule has 2 rings (SSSR count). The van der Waals surface area contributed by atoms with Crippen LogP contribution in [0.1, 0.15) is 47.5 Å². The molecule has 2 unspecified atom stereocenters. The van der Waals surface area contributed by atoms with E-state index in [9.17, 15) is 0 Å². The van der Waals surface area contributed by atoms with E-state index in [1.165, 1.54) is 25.1 Å². The molecule has 1 heterocycles. The van der Waals surface area contributed by atoms with E-state index in [-0.39, 0.29) is 0 Å². The summed E-state index contributed by atoms with van der Waals surface area (Å²) < 4.78 is 0. The maximum Gasteiger partial charge on any atom is 0.0184 e. The predicted octanol–water partition coefficient (Wildman–Crippen LogP) is 3.54. The van der Waals surface area contributed by atoms with Crippen LogP contribution in [-0.4, -0.2) is 23.6 Å². The summed E-state index contributed by atoms with van der Waals surface area (Å²) >= 11 is 2.14. The zero-order valence-electron chi connectivity index (χ0n) is 11.5. The van der Waals surface area contributed by atoms with Crippen molar-refractivity contribution in [2.24, 2.45) is 16.7 Å². The summed E-state index contributed by atoms with van der Waals surface area (Å²) in [5.41, 5.74) is 1.07. The van der Waals surface area contributed by atoms with Crippen molar-refractivity contribution in [2.75, 3.05) is 12.3 Å². The molecule has 1 nitrogen and oxygen atoms in total. The smallest absolute Gasteiger partial charge is 0.0184 e. The van der Waals surface area contributed by atoms with E-state index in [1.807, 2.05) is 0 Å². The molecule has 0 amide bonds. The van der Waals surface area contributed by atoms with Gasteiger partial charge in [0.25, 0.3) is 0 Å². The minimum atomic E-state index is 0.533. The van der Waals surface area contributed by atoms with Crippen molar-refractivity contribution < 1.29 is 0 Å². The minimum Gasteiger partial charge on any atom is -0.313 e. The molecule has 2 fully saturated rings. The van der Waals surface area contributed by atoms with E-state index in [2.05, 4.69) is 51.7 Å². The molecule has 2 atom stereocenters. The standard InChI is InChI=1S/C14H27NS/c1-10-11(7-6-8-16-10)15-9-12-13(2,3)14(12,4)5/h10-12,15H,6-9H2,1-5H3. The molecule has 0 aromatic rings. The van der Waals surface area contributed by atoms with Gasteiger partial charge in [-0.1, -0.05) is 34.6 Å². The Kier molecular flexibility index (Phi) is 3.35. The van der Waals surface area contributed by atoms with Crippen molar-refractivity contribution in [3.63, 3.8) is 0 Å². The molecule has 1 aliphatic heterocycles. The quantitative estimate of drug-likeness (QED) is 0.811. The fourth-order valence-electron chi connectivity index (χ4n) is 3.30. The zero-order chi connectivity index (χ0) is 12.0. The maximum absolute atomic E-state index is 3.82. The number of rotatable bonds is 3. The SMILES string of the molecule is CC1SCCCC1NCC1C(C)(C)C1(C)C. The molecule has 2 aliphatic rings. The lowest BCUT2D eigenvalue weighted by atomic mass is 10.0. The summed E-state index contributed by atoms with van der Waals surface area (Å²) in [5.74, 6) is 2.22. The van der Waals surface area contributed by atoms with Crippen molar-refractivity contribution in [2.45, 2.75) is 58.8 Å². The molecule has 94 valence electrons. The fourth-order valence-corrected chi connectivity index (χ4v) is 4.47. The Bertz CT molecular complexity index is 245. The maximum atomic E-state index is 3.82. The van der Waals surface area contributed by atoms with Crippen LogP contribution in [0.2, 0.25) is 0 Å². The van der Waals surface area contributed by atoms with Gasteiger partial charge in [0.1, 0.15) is 0 Å². The average Bonchev–Trinajstić information content (AvgIpc) is 2.58. The van der Waals surface area contributed by atoms with Crippen LogP contribution in [0, 0.1) is 16.7 Å². The van der Waals surface area contributed by atoms with E-state index >= 15 is 0 Å². The van der Waals surface area contributed by atoms with Crippen LogP contribution in [0.5, 0.6) is 0 Å². The first-order valence-corrected chi connectivity index (χ1v) is 7.77. The number of hydrogen-bond donors (Lipinski definition) is 1. The van der Waals surface area contributed by atoms with Crippen LogP contribution < -0.4 is 5.32 Å². The molecule has 0 aromatic carbocycles. The van der Waals surface area contributed by atoms with Crippen LogP contribution in [-0.2, 0) is 0 Å². The highest BCUT2D eigenvalue weighted by Crippen LogP contribution is 2.67. The van der Waals surface area contributed by atoms with Crippen molar-refractivity contribution in [1.29, 1.82) is 0 Å². The molecule has 0 spiro atoms. The van der Waals surface area contributed by atoms with Crippen molar-refractivity contribution in [1.82, 2.24) is 5.32 Å². The van der Waals surface area contributed by atoms with Gasteiger partial charge in [-0.15, -0.1) is 0 Å². The Labute approximate surface area is 105 Å². The normalized spacial score (nSPS) is 37.3. The number of nitrogens with one attached hydrogen (secondary N) is 1. The van der Waals surface area contributed by atoms with Crippen molar-refractivity contribution in [3.05, 3.63) is 0 Å². The first-order valence-electron chi connectivity index (χ1n) is 6.72. The molecule has 2 heteroatoms. The third kappa shape index (κ3) is 2.03. The average molecular weight is 241 g/mol. The second-order valence-electron chi connectivity index (χ2n) is 6.73. The Hall–Kier alpha value is 0.310. The van der Waals surface area contributed by atoms with Gasteiger partial charge in [-0.05, 0) is 41.9 Å². The topological polar surface area (TPSA) is 12.0 Å². The summed E-state index contributed by atoms with van der Waals surface area (Å²) in [4.78, 5) is 0. The van der Waals surface area contributed by atoms with Crippen LogP contribution in [0.15, 0.2) is 0 Å². The van der Waals surface area contributed by atoms with E-state index in [0.29, 0.717) is 10.8 Å². The Morgan fingerprint density at radius 2 is 1.81 bits per heavy atom. The molecule has 16 heavy (non-hydrogen) atoms. The van der Waals surface area contributed by atoms with Gasteiger partial charge in [0.2, 0.25) is 0 Å². The molecule has 0 radical (unpaired) electrons. The van der Waals surface area contributed by atoms with Gasteiger partial charge in [-0.3, -0.25) is 0 Å². The summed E-state index contributed by atoms with van der Waals surface area (Å²) in [6, 6.07) is 0.756. The predicted molar refractivity (Wildman–Crippen MR) is 74.0 cm³/mol. The lowest BCUT2D eigenvalue weighted by Crippen LogP contribution is -2.40. The summed E-state index contributed by atoms with van der Waals surface area (Å²) in [6.07, 6.45) is 2.77. The second kappa shape index (κ2) is 4.20. The van der Waals surface area contributed by atoms with E-state index < -0.39 is 0 Å².